The number of hydrogen-bond donors (Lipinski definition) is 2. The van der Waals surface area contributed by atoms with Crippen LogP contribution in [0.15, 0.2) is 17.1 Å². The zero-order valence-electron chi connectivity index (χ0n) is 11.1. The third kappa shape index (κ3) is 5.27. The predicted octanol–water partition coefficient (Wildman–Crippen LogP) is 2.10. The molecule has 1 aliphatic rings. The first kappa shape index (κ1) is 15.1. The van der Waals surface area contributed by atoms with Crippen LogP contribution in [-0.4, -0.2) is 39.3 Å². The molecule has 0 saturated carbocycles. The lowest BCUT2D eigenvalue weighted by Gasteiger charge is -2.14. The van der Waals surface area contributed by atoms with Gasteiger partial charge in [0.05, 0.1) is 9.49 Å². The fourth-order valence-electron chi connectivity index (χ4n) is 2.00. The Kier molecular flexibility index (Phi) is 6.39. The smallest absolute Gasteiger partial charge is 0.190 e. The Hall–Kier alpha value is -0.340. The Morgan fingerprint density at radius 2 is 2.42 bits per heavy atom. The summed E-state index contributed by atoms with van der Waals surface area (Å²) in [5.74, 6) is 1.51. The van der Waals surface area contributed by atoms with Gasteiger partial charge in [-0.3, -0.25) is 4.99 Å². The van der Waals surface area contributed by atoms with Crippen LogP contribution < -0.4 is 10.6 Å². The summed E-state index contributed by atoms with van der Waals surface area (Å²) in [5.41, 5.74) is 0. The Bertz CT molecular complexity index is 416. The number of rotatable bonds is 5. The number of guanidine groups is 1. The maximum atomic E-state index is 5.36. The molecule has 106 valence electrons. The number of thiophene rings is 1. The van der Waals surface area contributed by atoms with Gasteiger partial charge < -0.3 is 15.4 Å². The fraction of sp³-hybridized carbons (Fsp3) is 0.615. The minimum absolute atomic E-state index is 0.623. The molecular formula is C13H20IN3OS. The van der Waals surface area contributed by atoms with Crippen molar-refractivity contribution in [2.45, 2.75) is 12.8 Å². The average Bonchev–Trinajstić information content (AvgIpc) is 3.05. The number of halogens is 1. The van der Waals surface area contributed by atoms with E-state index in [9.17, 15) is 0 Å². The van der Waals surface area contributed by atoms with Crippen molar-refractivity contribution < 1.29 is 4.74 Å². The van der Waals surface area contributed by atoms with Gasteiger partial charge in [0, 0.05) is 37.5 Å². The van der Waals surface area contributed by atoms with E-state index in [0.717, 1.165) is 45.1 Å². The first-order valence-corrected chi connectivity index (χ1v) is 8.44. The van der Waals surface area contributed by atoms with E-state index in [-0.39, 0.29) is 0 Å². The maximum Gasteiger partial charge on any atom is 0.190 e. The van der Waals surface area contributed by atoms with Gasteiger partial charge >= 0.3 is 0 Å². The summed E-state index contributed by atoms with van der Waals surface area (Å²) >= 11 is 4.21. The van der Waals surface area contributed by atoms with Crippen molar-refractivity contribution in [2.75, 3.05) is 33.4 Å². The molecule has 0 aromatic carbocycles. The molecule has 1 atom stereocenters. The van der Waals surface area contributed by atoms with Crippen molar-refractivity contribution >= 4 is 39.9 Å². The third-order valence-corrected chi connectivity index (χ3v) is 5.05. The molecule has 4 nitrogen and oxygen atoms in total. The van der Waals surface area contributed by atoms with Crippen LogP contribution in [0.4, 0.5) is 0 Å². The summed E-state index contributed by atoms with van der Waals surface area (Å²) in [4.78, 5) is 5.65. The van der Waals surface area contributed by atoms with Crippen LogP contribution in [0.3, 0.4) is 0 Å². The molecule has 1 fully saturated rings. The van der Waals surface area contributed by atoms with E-state index in [1.807, 2.05) is 18.4 Å². The summed E-state index contributed by atoms with van der Waals surface area (Å²) < 4.78 is 6.71. The molecule has 1 unspecified atom stereocenters. The minimum Gasteiger partial charge on any atom is -0.381 e. The van der Waals surface area contributed by atoms with Crippen LogP contribution in [0.5, 0.6) is 0 Å². The molecule has 2 rings (SSSR count). The van der Waals surface area contributed by atoms with Crippen molar-refractivity contribution in [1.82, 2.24) is 10.6 Å². The normalized spacial score (nSPS) is 19.7. The second kappa shape index (κ2) is 8.06. The van der Waals surface area contributed by atoms with E-state index in [4.69, 9.17) is 4.74 Å². The van der Waals surface area contributed by atoms with E-state index in [2.05, 4.69) is 50.3 Å². The first-order valence-electron chi connectivity index (χ1n) is 6.54. The van der Waals surface area contributed by atoms with E-state index in [0.29, 0.717) is 5.92 Å². The van der Waals surface area contributed by atoms with Crippen molar-refractivity contribution in [1.29, 1.82) is 0 Å². The molecule has 19 heavy (non-hydrogen) atoms. The second-order valence-electron chi connectivity index (χ2n) is 4.57. The zero-order valence-corrected chi connectivity index (χ0v) is 14.1. The largest absolute Gasteiger partial charge is 0.381 e. The lowest BCUT2D eigenvalue weighted by Crippen LogP contribution is -2.40. The third-order valence-electron chi connectivity index (χ3n) is 3.10. The molecule has 1 saturated heterocycles. The molecule has 0 spiro atoms. The van der Waals surface area contributed by atoms with Crippen molar-refractivity contribution in [3.8, 4) is 0 Å². The molecule has 0 bridgehead atoms. The van der Waals surface area contributed by atoms with Gasteiger partial charge in [0.25, 0.3) is 0 Å². The lowest BCUT2D eigenvalue weighted by atomic mass is 10.1. The standard InChI is InChI=1S/C13H20IN3OS/c1-15-13(17-8-10-5-7-18-9-10)16-6-4-11-2-3-12(14)19-11/h2-3,10H,4-9H2,1H3,(H2,15,16,17). The van der Waals surface area contributed by atoms with Crippen molar-refractivity contribution in [3.05, 3.63) is 19.9 Å². The van der Waals surface area contributed by atoms with E-state index < -0.39 is 0 Å². The quantitative estimate of drug-likeness (QED) is 0.458. The zero-order chi connectivity index (χ0) is 13.5. The lowest BCUT2D eigenvalue weighted by molar-refractivity contribution is 0.186. The van der Waals surface area contributed by atoms with Crippen molar-refractivity contribution in [2.24, 2.45) is 10.9 Å². The maximum absolute atomic E-state index is 5.36. The molecule has 6 heteroatoms. The van der Waals surface area contributed by atoms with Gasteiger partial charge in [-0.15, -0.1) is 11.3 Å². The predicted molar refractivity (Wildman–Crippen MR) is 89.0 cm³/mol. The highest BCUT2D eigenvalue weighted by Crippen LogP contribution is 2.18. The summed E-state index contributed by atoms with van der Waals surface area (Å²) in [6.07, 6.45) is 2.19. The second-order valence-corrected chi connectivity index (χ2v) is 7.63. The van der Waals surface area contributed by atoms with E-state index in [1.165, 1.54) is 7.76 Å². The summed E-state index contributed by atoms with van der Waals surface area (Å²) in [7, 11) is 1.81. The topological polar surface area (TPSA) is 45.7 Å². The van der Waals surface area contributed by atoms with Crippen LogP contribution in [0.1, 0.15) is 11.3 Å². The fourth-order valence-corrected chi connectivity index (χ4v) is 3.75. The van der Waals surface area contributed by atoms with E-state index in [1.54, 1.807) is 0 Å². The van der Waals surface area contributed by atoms with Crippen LogP contribution in [-0.2, 0) is 11.2 Å². The number of ether oxygens (including phenoxy) is 1. The molecule has 1 aromatic rings. The van der Waals surface area contributed by atoms with Crippen LogP contribution >= 0.6 is 33.9 Å². The number of nitrogens with one attached hydrogen (secondary N) is 2. The number of aliphatic imine (C=N–C) groups is 1. The SMILES string of the molecule is CN=C(NCCc1ccc(I)s1)NCC1CCOC1. The molecule has 2 heterocycles. The van der Waals surface area contributed by atoms with Gasteiger partial charge in [0.15, 0.2) is 5.96 Å². The Labute approximate surface area is 132 Å². The van der Waals surface area contributed by atoms with Gasteiger partial charge in [0.2, 0.25) is 0 Å². The van der Waals surface area contributed by atoms with Crippen LogP contribution in [0, 0.1) is 8.80 Å². The van der Waals surface area contributed by atoms with E-state index >= 15 is 0 Å². The average molecular weight is 393 g/mol. The van der Waals surface area contributed by atoms with Gasteiger partial charge in [-0.05, 0) is 47.6 Å². The van der Waals surface area contributed by atoms with Gasteiger partial charge in [-0.25, -0.2) is 0 Å². The monoisotopic (exact) mass is 393 g/mol. The Morgan fingerprint density at radius 3 is 3.05 bits per heavy atom. The van der Waals surface area contributed by atoms with Crippen LogP contribution in [0.25, 0.3) is 0 Å². The molecule has 0 radical (unpaired) electrons. The number of nitrogens with zero attached hydrogens (tertiary/aromatic N) is 1. The van der Waals surface area contributed by atoms with Crippen LogP contribution in [0.2, 0.25) is 0 Å². The summed E-state index contributed by atoms with van der Waals surface area (Å²) in [5, 5.41) is 6.72. The summed E-state index contributed by atoms with van der Waals surface area (Å²) in [6, 6.07) is 4.36. The molecule has 1 aromatic heterocycles. The molecular weight excluding hydrogens is 373 g/mol. The minimum atomic E-state index is 0.623. The molecule has 0 amide bonds. The van der Waals surface area contributed by atoms with Crippen molar-refractivity contribution in [3.63, 3.8) is 0 Å². The summed E-state index contributed by atoms with van der Waals surface area (Å²) in [6.45, 7) is 3.63. The molecule has 1 aliphatic heterocycles. The van der Waals surface area contributed by atoms with Gasteiger partial charge in [0.1, 0.15) is 0 Å². The molecule has 0 aliphatic carbocycles. The highest BCUT2D eigenvalue weighted by molar-refractivity contribution is 14.1. The molecule has 2 N–H and O–H groups in total. The Morgan fingerprint density at radius 1 is 1.53 bits per heavy atom. The first-order chi connectivity index (χ1) is 9.28. The van der Waals surface area contributed by atoms with Gasteiger partial charge in [-0.1, -0.05) is 0 Å². The highest BCUT2D eigenvalue weighted by Gasteiger charge is 2.15. The number of hydrogen-bond acceptors (Lipinski definition) is 3. The van der Waals surface area contributed by atoms with Gasteiger partial charge in [-0.2, -0.15) is 0 Å². The highest BCUT2D eigenvalue weighted by atomic mass is 127. The Balaban J connectivity index is 1.64.